The summed E-state index contributed by atoms with van der Waals surface area (Å²) in [4.78, 5) is 3.83. The number of hydrogen-bond donors (Lipinski definition) is 1. The average molecular weight is 294 g/mol. The van der Waals surface area contributed by atoms with Crippen LogP contribution >= 0.6 is 11.3 Å². The van der Waals surface area contributed by atoms with E-state index in [0.717, 1.165) is 38.1 Å². The lowest BCUT2D eigenvalue weighted by Gasteiger charge is -2.30. The summed E-state index contributed by atoms with van der Waals surface area (Å²) in [6, 6.07) is 2.69. The Morgan fingerprint density at radius 3 is 2.75 bits per heavy atom. The maximum Gasteiger partial charge on any atom is 0.0589 e. The van der Waals surface area contributed by atoms with Crippen molar-refractivity contribution in [3.05, 3.63) is 21.9 Å². The van der Waals surface area contributed by atoms with Crippen molar-refractivity contribution in [3.63, 3.8) is 0 Å². The van der Waals surface area contributed by atoms with E-state index in [1.807, 2.05) is 0 Å². The lowest BCUT2D eigenvalue weighted by atomic mass is 10.1. The van der Waals surface area contributed by atoms with Crippen molar-refractivity contribution in [1.82, 2.24) is 4.90 Å². The topological polar surface area (TPSA) is 38.5 Å². The number of nitrogens with two attached hydrogens (primary N) is 1. The van der Waals surface area contributed by atoms with Crippen LogP contribution in [0.1, 0.15) is 37.1 Å². The van der Waals surface area contributed by atoms with Gasteiger partial charge in [0, 0.05) is 36.7 Å². The smallest absolute Gasteiger partial charge is 0.0589 e. The second-order valence-electron chi connectivity index (χ2n) is 4.70. The third-order valence-corrected chi connectivity index (χ3v) is 4.36. The second-order valence-corrected chi connectivity index (χ2v) is 5.70. The summed E-state index contributed by atoms with van der Waals surface area (Å²) >= 11 is 1.77. The molecule has 0 amide bonds. The van der Waals surface area contributed by atoms with Crippen LogP contribution < -0.4 is 5.73 Å². The van der Waals surface area contributed by atoms with E-state index in [0.29, 0.717) is 12.6 Å². The van der Waals surface area contributed by atoms with E-state index < -0.39 is 0 Å². The molecule has 0 atom stereocenters. The van der Waals surface area contributed by atoms with Crippen molar-refractivity contribution in [2.24, 2.45) is 5.73 Å². The highest BCUT2D eigenvalue weighted by Crippen LogP contribution is 2.21. The van der Waals surface area contributed by atoms with Gasteiger partial charge in [0.05, 0.1) is 13.2 Å². The Balaban J connectivity index is 2.80. The van der Waals surface area contributed by atoms with Crippen LogP contribution in [-0.4, -0.2) is 37.7 Å². The molecular weight excluding hydrogens is 268 g/mol. The standard InChI is InChI=1S/C16H26N2OS/c1-4-15(5-2)18(10-11-19-3)13-16-14(7-6-9-17)8-12-20-16/h8,12,15H,4-5,9-11,13,17H2,1-3H3. The molecule has 0 unspecified atom stereocenters. The normalized spacial score (nSPS) is 10.9. The zero-order valence-corrected chi connectivity index (χ0v) is 13.6. The first-order chi connectivity index (χ1) is 9.76. The predicted molar refractivity (Wildman–Crippen MR) is 86.9 cm³/mol. The van der Waals surface area contributed by atoms with Crippen molar-refractivity contribution < 1.29 is 4.74 Å². The summed E-state index contributed by atoms with van der Waals surface area (Å²) < 4.78 is 5.24. The molecule has 20 heavy (non-hydrogen) atoms. The van der Waals surface area contributed by atoms with Crippen LogP contribution in [0.2, 0.25) is 0 Å². The molecule has 0 aromatic carbocycles. The van der Waals surface area contributed by atoms with Crippen LogP contribution in [0.3, 0.4) is 0 Å². The van der Waals surface area contributed by atoms with E-state index >= 15 is 0 Å². The minimum absolute atomic E-state index is 0.412. The largest absolute Gasteiger partial charge is 0.383 e. The fourth-order valence-corrected chi connectivity index (χ4v) is 3.16. The summed E-state index contributed by atoms with van der Waals surface area (Å²) in [5.41, 5.74) is 6.58. The fraction of sp³-hybridized carbons (Fsp3) is 0.625. The van der Waals surface area contributed by atoms with E-state index in [4.69, 9.17) is 10.5 Å². The van der Waals surface area contributed by atoms with Crippen molar-refractivity contribution in [2.45, 2.75) is 39.3 Å². The molecule has 1 aromatic rings. The molecule has 1 aromatic heterocycles. The van der Waals surface area contributed by atoms with E-state index in [9.17, 15) is 0 Å². The highest BCUT2D eigenvalue weighted by atomic mass is 32.1. The maximum atomic E-state index is 5.46. The van der Waals surface area contributed by atoms with Crippen LogP contribution in [0.5, 0.6) is 0 Å². The third kappa shape index (κ3) is 5.26. The molecule has 1 heterocycles. The number of nitrogens with zero attached hydrogens (tertiary/aromatic N) is 1. The van der Waals surface area contributed by atoms with Crippen molar-refractivity contribution in [1.29, 1.82) is 0 Å². The molecular formula is C16H26N2OS. The average Bonchev–Trinajstić information content (AvgIpc) is 2.90. The molecule has 1 rings (SSSR count). The number of hydrogen-bond acceptors (Lipinski definition) is 4. The van der Waals surface area contributed by atoms with Gasteiger partial charge in [-0.3, -0.25) is 4.90 Å². The zero-order valence-electron chi connectivity index (χ0n) is 12.8. The monoisotopic (exact) mass is 294 g/mol. The molecule has 0 fully saturated rings. The molecule has 0 spiro atoms. The number of methoxy groups -OCH3 is 1. The first-order valence-corrected chi connectivity index (χ1v) is 8.13. The van der Waals surface area contributed by atoms with E-state index in [-0.39, 0.29) is 0 Å². The molecule has 112 valence electrons. The summed E-state index contributed by atoms with van der Waals surface area (Å²) in [5.74, 6) is 6.11. The Morgan fingerprint density at radius 2 is 2.15 bits per heavy atom. The van der Waals surface area contributed by atoms with Crippen molar-refractivity contribution in [2.75, 3.05) is 26.8 Å². The van der Waals surface area contributed by atoms with Gasteiger partial charge >= 0.3 is 0 Å². The van der Waals surface area contributed by atoms with Crippen LogP contribution in [0.15, 0.2) is 11.4 Å². The lowest BCUT2D eigenvalue weighted by Crippen LogP contribution is -2.36. The highest BCUT2D eigenvalue weighted by Gasteiger charge is 2.17. The Morgan fingerprint density at radius 1 is 1.40 bits per heavy atom. The van der Waals surface area contributed by atoms with Crippen LogP contribution in [0, 0.1) is 11.8 Å². The number of rotatable bonds is 8. The summed E-state index contributed by atoms with van der Waals surface area (Å²) in [7, 11) is 1.76. The van der Waals surface area contributed by atoms with Crippen LogP contribution in [0.4, 0.5) is 0 Å². The molecule has 0 aliphatic carbocycles. The first kappa shape index (κ1) is 17.2. The molecule has 0 radical (unpaired) electrons. The Labute approximate surface area is 127 Å². The van der Waals surface area contributed by atoms with E-state index in [1.54, 1.807) is 18.4 Å². The fourth-order valence-electron chi connectivity index (χ4n) is 2.31. The van der Waals surface area contributed by atoms with Gasteiger partial charge < -0.3 is 10.5 Å². The van der Waals surface area contributed by atoms with Gasteiger partial charge in [-0.15, -0.1) is 11.3 Å². The molecule has 0 saturated heterocycles. The minimum atomic E-state index is 0.412. The number of ether oxygens (including phenoxy) is 1. The molecule has 0 saturated carbocycles. The second kappa shape index (κ2) is 9.95. The molecule has 0 aliphatic heterocycles. The molecule has 0 aliphatic rings. The predicted octanol–water partition coefficient (Wildman–Crippen LogP) is 2.70. The molecule has 4 heteroatoms. The maximum absolute atomic E-state index is 5.46. The summed E-state index contributed by atoms with van der Waals surface area (Å²) in [6.45, 7) is 7.59. The Bertz CT molecular complexity index is 429. The van der Waals surface area contributed by atoms with Crippen molar-refractivity contribution in [3.8, 4) is 11.8 Å². The quantitative estimate of drug-likeness (QED) is 0.749. The van der Waals surface area contributed by atoms with Gasteiger partial charge in [0.25, 0.3) is 0 Å². The van der Waals surface area contributed by atoms with Gasteiger partial charge in [-0.25, -0.2) is 0 Å². The first-order valence-electron chi connectivity index (χ1n) is 7.25. The summed E-state index contributed by atoms with van der Waals surface area (Å²) in [6.07, 6.45) is 2.32. The summed E-state index contributed by atoms with van der Waals surface area (Å²) in [5, 5.41) is 2.11. The minimum Gasteiger partial charge on any atom is -0.383 e. The van der Waals surface area contributed by atoms with Gasteiger partial charge in [-0.1, -0.05) is 25.7 Å². The lowest BCUT2D eigenvalue weighted by molar-refractivity contribution is 0.111. The van der Waals surface area contributed by atoms with Gasteiger partial charge in [-0.05, 0) is 24.3 Å². The van der Waals surface area contributed by atoms with Gasteiger partial charge in [0.1, 0.15) is 0 Å². The molecule has 3 nitrogen and oxygen atoms in total. The van der Waals surface area contributed by atoms with Crippen LogP contribution in [0.25, 0.3) is 0 Å². The number of thiophene rings is 1. The Hall–Kier alpha value is -0.860. The van der Waals surface area contributed by atoms with E-state index in [2.05, 4.69) is 42.0 Å². The molecule has 2 N–H and O–H groups in total. The molecule has 0 bridgehead atoms. The van der Waals surface area contributed by atoms with Gasteiger partial charge in [0.2, 0.25) is 0 Å². The van der Waals surface area contributed by atoms with Gasteiger partial charge in [0.15, 0.2) is 0 Å². The SMILES string of the molecule is CCC(CC)N(CCOC)Cc1sccc1C#CCN. The Kier molecular flexibility index (Phi) is 8.56. The van der Waals surface area contributed by atoms with E-state index in [1.165, 1.54) is 4.88 Å². The van der Waals surface area contributed by atoms with Crippen molar-refractivity contribution >= 4 is 11.3 Å². The third-order valence-electron chi connectivity index (χ3n) is 3.46. The highest BCUT2D eigenvalue weighted by molar-refractivity contribution is 7.10. The zero-order chi connectivity index (χ0) is 14.8. The van der Waals surface area contributed by atoms with Gasteiger partial charge in [-0.2, -0.15) is 0 Å². The van der Waals surface area contributed by atoms with Crippen LogP contribution in [-0.2, 0) is 11.3 Å².